The van der Waals surface area contributed by atoms with Gasteiger partial charge in [-0.1, -0.05) is 12.1 Å². The molecule has 2 aromatic heterocycles. The maximum atomic E-state index is 14.0. The zero-order valence-electron chi connectivity index (χ0n) is 13.9. The molecular formula is C20H16F2N4. The molecule has 3 heterocycles. The van der Waals surface area contributed by atoms with E-state index in [2.05, 4.69) is 20.3 Å². The van der Waals surface area contributed by atoms with Crippen LogP contribution in [0.3, 0.4) is 0 Å². The molecule has 1 atom stereocenters. The van der Waals surface area contributed by atoms with Crippen LogP contribution in [-0.2, 0) is 0 Å². The van der Waals surface area contributed by atoms with Gasteiger partial charge >= 0.3 is 0 Å². The molecule has 0 saturated carbocycles. The summed E-state index contributed by atoms with van der Waals surface area (Å²) in [5.74, 6) is -0.828. The Hall–Kier alpha value is -2.86. The molecule has 0 spiro atoms. The standard InChI is InChI=1S/C20H16F2N4/c21-14-7-12-18(8-15(14)22)24-10-13(19(12)11-5-6-23-9-11)20-25-16-3-1-2-4-17(16)26-20/h1-4,7-8,10-11,23H,5-6,9H2,(H,25,26). The summed E-state index contributed by atoms with van der Waals surface area (Å²) in [6, 6.07) is 10.2. The Morgan fingerprint density at radius 3 is 2.69 bits per heavy atom. The summed E-state index contributed by atoms with van der Waals surface area (Å²) in [6.45, 7) is 1.70. The van der Waals surface area contributed by atoms with Gasteiger partial charge < -0.3 is 10.3 Å². The van der Waals surface area contributed by atoms with Crippen LogP contribution in [0.15, 0.2) is 42.6 Å². The Morgan fingerprint density at radius 1 is 1.04 bits per heavy atom. The van der Waals surface area contributed by atoms with Gasteiger partial charge in [0.2, 0.25) is 0 Å². The number of nitrogens with one attached hydrogen (secondary N) is 2. The van der Waals surface area contributed by atoms with Gasteiger partial charge in [0.05, 0.1) is 16.6 Å². The third-order valence-electron chi connectivity index (χ3n) is 5.06. The van der Waals surface area contributed by atoms with Crippen molar-refractivity contribution in [2.45, 2.75) is 12.3 Å². The van der Waals surface area contributed by atoms with E-state index in [1.807, 2.05) is 24.3 Å². The minimum absolute atomic E-state index is 0.202. The quantitative estimate of drug-likeness (QED) is 0.571. The summed E-state index contributed by atoms with van der Waals surface area (Å²) in [5.41, 5.74) is 4.07. The van der Waals surface area contributed by atoms with Gasteiger partial charge in [-0.15, -0.1) is 0 Å². The number of aromatic amines is 1. The van der Waals surface area contributed by atoms with E-state index in [1.165, 1.54) is 12.1 Å². The summed E-state index contributed by atoms with van der Waals surface area (Å²) in [5, 5.41) is 4.00. The third kappa shape index (κ3) is 2.37. The highest BCUT2D eigenvalue weighted by Crippen LogP contribution is 2.37. The predicted molar refractivity (Wildman–Crippen MR) is 97.0 cm³/mol. The van der Waals surface area contributed by atoms with Crippen LogP contribution >= 0.6 is 0 Å². The number of aromatic nitrogens is 3. The first-order chi connectivity index (χ1) is 12.7. The zero-order chi connectivity index (χ0) is 17.7. The lowest BCUT2D eigenvalue weighted by Gasteiger charge is -2.16. The first kappa shape index (κ1) is 15.4. The fourth-order valence-electron chi connectivity index (χ4n) is 3.82. The van der Waals surface area contributed by atoms with Crippen molar-refractivity contribution in [1.29, 1.82) is 0 Å². The molecule has 2 aromatic carbocycles. The topological polar surface area (TPSA) is 53.6 Å². The second-order valence-electron chi connectivity index (χ2n) is 6.66. The molecule has 4 aromatic rings. The van der Waals surface area contributed by atoms with Gasteiger partial charge in [-0.2, -0.15) is 0 Å². The largest absolute Gasteiger partial charge is 0.338 e. The predicted octanol–water partition coefficient (Wildman–Crippen LogP) is 4.13. The van der Waals surface area contributed by atoms with Gasteiger partial charge in [0, 0.05) is 29.8 Å². The van der Waals surface area contributed by atoms with Crippen LogP contribution in [-0.4, -0.2) is 28.0 Å². The number of pyridine rings is 1. The highest BCUT2D eigenvalue weighted by Gasteiger charge is 2.25. The molecule has 6 heteroatoms. The van der Waals surface area contributed by atoms with Crippen molar-refractivity contribution in [3.05, 3.63) is 59.8 Å². The number of hydrogen-bond acceptors (Lipinski definition) is 3. The van der Waals surface area contributed by atoms with Crippen molar-refractivity contribution in [1.82, 2.24) is 20.3 Å². The maximum Gasteiger partial charge on any atom is 0.161 e. The summed E-state index contributed by atoms with van der Waals surface area (Å²) in [6.07, 6.45) is 2.65. The van der Waals surface area contributed by atoms with Gasteiger partial charge in [-0.3, -0.25) is 4.98 Å². The third-order valence-corrected chi connectivity index (χ3v) is 5.06. The fraction of sp³-hybridized carbons (Fsp3) is 0.200. The molecule has 1 aliphatic heterocycles. The number of halogens is 2. The van der Waals surface area contributed by atoms with E-state index in [4.69, 9.17) is 0 Å². The van der Waals surface area contributed by atoms with Crippen molar-refractivity contribution in [3.8, 4) is 11.4 Å². The molecule has 0 bridgehead atoms. The van der Waals surface area contributed by atoms with Crippen LogP contribution in [0.4, 0.5) is 8.78 Å². The second kappa shape index (κ2) is 5.85. The number of para-hydroxylation sites is 2. The normalized spacial score (nSPS) is 17.4. The number of imidazole rings is 1. The second-order valence-corrected chi connectivity index (χ2v) is 6.66. The monoisotopic (exact) mass is 350 g/mol. The molecule has 2 N–H and O–H groups in total. The van der Waals surface area contributed by atoms with Gasteiger partial charge in [0.1, 0.15) is 5.82 Å². The Bertz CT molecular complexity index is 1100. The van der Waals surface area contributed by atoms with Crippen LogP contribution in [0.2, 0.25) is 0 Å². The van der Waals surface area contributed by atoms with Crippen molar-refractivity contribution in [3.63, 3.8) is 0 Å². The Kier molecular flexibility index (Phi) is 3.46. The lowest BCUT2D eigenvalue weighted by molar-refractivity contribution is 0.510. The Labute approximate surface area is 148 Å². The molecule has 26 heavy (non-hydrogen) atoms. The number of H-pyrrole nitrogens is 1. The molecule has 1 saturated heterocycles. The van der Waals surface area contributed by atoms with Gasteiger partial charge in [-0.25, -0.2) is 13.8 Å². The summed E-state index contributed by atoms with van der Waals surface area (Å²) < 4.78 is 27.7. The SMILES string of the molecule is Fc1cc2ncc(-c3nc4ccccc4[nH]3)c(C3CCNC3)c2cc1F. The first-order valence-electron chi connectivity index (χ1n) is 8.64. The molecule has 0 aliphatic carbocycles. The average Bonchev–Trinajstić information content (AvgIpc) is 3.31. The van der Waals surface area contributed by atoms with Crippen LogP contribution in [0.5, 0.6) is 0 Å². The molecule has 1 fully saturated rings. The van der Waals surface area contributed by atoms with Crippen LogP contribution in [0.1, 0.15) is 17.9 Å². The minimum atomic E-state index is -0.878. The molecule has 130 valence electrons. The Morgan fingerprint density at radius 2 is 1.88 bits per heavy atom. The Balaban J connectivity index is 1.80. The molecule has 1 aliphatic rings. The number of fused-ring (bicyclic) bond motifs is 2. The van der Waals surface area contributed by atoms with Crippen molar-refractivity contribution >= 4 is 21.9 Å². The smallest absolute Gasteiger partial charge is 0.161 e. The lowest BCUT2D eigenvalue weighted by Crippen LogP contribution is -2.10. The number of rotatable bonds is 2. The van der Waals surface area contributed by atoms with E-state index in [0.29, 0.717) is 16.7 Å². The summed E-state index contributed by atoms with van der Waals surface area (Å²) in [4.78, 5) is 12.4. The number of hydrogen-bond donors (Lipinski definition) is 2. The van der Waals surface area contributed by atoms with Gasteiger partial charge in [0.25, 0.3) is 0 Å². The van der Waals surface area contributed by atoms with Crippen molar-refractivity contribution in [2.24, 2.45) is 0 Å². The summed E-state index contributed by atoms with van der Waals surface area (Å²) in [7, 11) is 0. The van der Waals surface area contributed by atoms with Crippen molar-refractivity contribution in [2.75, 3.05) is 13.1 Å². The summed E-state index contributed by atoms with van der Waals surface area (Å²) >= 11 is 0. The molecule has 5 rings (SSSR count). The molecule has 4 nitrogen and oxygen atoms in total. The molecule has 0 radical (unpaired) electrons. The van der Waals surface area contributed by atoms with E-state index in [0.717, 1.165) is 41.7 Å². The zero-order valence-corrected chi connectivity index (χ0v) is 13.9. The van der Waals surface area contributed by atoms with Crippen LogP contribution < -0.4 is 5.32 Å². The van der Waals surface area contributed by atoms with Crippen LogP contribution in [0.25, 0.3) is 33.3 Å². The molecule has 0 amide bonds. The molecule has 1 unspecified atom stereocenters. The highest BCUT2D eigenvalue weighted by atomic mass is 19.2. The van der Waals surface area contributed by atoms with E-state index < -0.39 is 11.6 Å². The van der Waals surface area contributed by atoms with E-state index in [-0.39, 0.29) is 5.92 Å². The number of nitrogens with zero attached hydrogens (tertiary/aromatic N) is 2. The lowest BCUT2D eigenvalue weighted by atomic mass is 9.90. The first-order valence-corrected chi connectivity index (χ1v) is 8.64. The number of benzene rings is 2. The van der Waals surface area contributed by atoms with E-state index >= 15 is 0 Å². The van der Waals surface area contributed by atoms with Crippen molar-refractivity contribution < 1.29 is 8.78 Å². The van der Waals surface area contributed by atoms with E-state index in [1.54, 1.807) is 6.20 Å². The van der Waals surface area contributed by atoms with Crippen LogP contribution in [0, 0.1) is 11.6 Å². The minimum Gasteiger partial charge on any atom is -0.338 e. The van der Waals surface area contributed by atoms with E-state index in [9.17, 15) is 8.78 Å². The average molecular weight is 350 g/mol. The highest BCUT2D eigenvalue weighted by molar-refractivity contribution is 5.90. The fourth-order valence-corrected chi connectivity index (χ4v) is 3.82. The maximum absolute atomic E-state index is 14.0. The van der Waals surface area contributed by atoms with Gasteiger partial charge in [0.15, 0.2) is 11.6 Å². The van der Waals surface area contributed by atoms with Gasteiger partial charge in [-0.05, 0) is 42.6 Å². The molecular weight excluding hydrogens is 334 g/mol.